The minimum atomic E-state index is 0.410. The van der Waals surface area contributed by atoms with Crippen LogP contribution in [0.1, 0.15) is 23.5 Å². The molecule has 0 saturated heterocycles. The van der Waals surface area contributed by atoms with Gasteiger partial charge >= 0.3 is 0 Å². The number of fused-ring (bicyclic) bond motifs is 9. The van der Waals surface area contributed by atoms with E-state index in [4.69, 9.17) is 11.6 Å². The van der Waals surface area contributed by atoms with Crippen LogP contribution in [0.15, 0.2) is 133 Å². The minimum Gasteiger partial charge on any atom is -0.0843 e. The Hall–Kier alpha value is -4.39. The monoisotopic (exact) mass is 516 g/mol. The molecule has 6 aromatic carbocycles. The zero-order chi connectivity index (χ0) is 25.9. The van der Waals surface area contributed by atoms with Crippen molar-refractivity contribution in [2.45, 2.75) is 12.3 Å². The number of halogens is 1. The van der Waals surface area contributed by atoms with Gasteiger partial charge in [-0.2, -0.15) is 0 Å². The summed E-state index contributed by atoms with van der Waals surface area (Å²) in [6.45, 7) is 0. The SMILES string of the molecule is Clc1cc(-c2ccc3c(c2)C2=CC=CCC2c2ccccc2-3)cc(-c2cc3ccccc3c3ccccc23)c1. The fourth-order valence-corrected chi connectivity index (χ4v) is 6.89. The molecule has 0 aromatic heterocycles. The lowest BCUT2D eigenvalue weighted by molar-refractivity contribution is 0.868. The molecule has 39 heavy (non-hydrogen) atoms. The van der Waals surface area contributed by atoms with E-state index in [1.165, 1.54) is 60.5 Å². The average molecular weight is 517 g/mol. The molecule has 0 bridgehead atoms. The molecule has 0 fully saturated rings. The molecule has 1 atom stereocenters. The molecule has 0 amide bonds. The first-order valence-corrected chi connectivity index (χ1v) is 13.9. The van der Waals surface area contributed by atoms with Crippen molar-refractivity contribution in [3.05, 3.63) is 150 Å². The van der Waals surface area contributed by atoms with E-state index >= 15 is 0 Å². The molecule has 0 heterocycles. The summed E-state index contributed by atoms with van der Waals surface area (Å²) in [6, 6.07) is 41.9. The standard InChI is InChI=1S/C38H25Cl/c39-28-20-26(19-27(21-28)37-23-25-9-1-2-10-29(25)30-11-3-7-15-34(30)37)24-17-18-36-33-14-5-4-12-31(33)32-13-6-8-16-35(32)38(36)22-24/h1-12,14-23,32H,13H2. The fourth-order valence-electron chi connectivity index (χ4n) is 6.65. The number of benzene rings is 6. The first kappa shape index (κ1) is 22.6. The maximum absolute atomic E-state index is 6.82. The summed E-state index contributed by atoms with van der Waals surface area (Å²) >= 11 is 6.82. The van der Waals surface area contributed by atoms with Crippen LogP contribution in [-0.4, -0.2) is 0 Å². The predicted octanol–water partition coefficient (Wildman–Crippen LogP) is 11.1. The second-order valence-electron chi connectivity index (χ2n) is 10.6. The van der Waals surface area contributed by atoms with Crippen LogP contribution >= 0.6 is 11.6 Å². The Balaban J connectivity index is 1.32. The first-order chi connectivity index (χ1) is 19.2. The van der Waals surface area contributed by atoms with Crippen LogP contribution in [0.5, 0.6) is 0 Å². The Morgan fingerprint density at radius 3 is 2.23 bits per heavy atom. The molecule has 0 spiro atoms. The van der Waals surface area contributed by atoms with Crippen LogP contribution in [0.4, 0.5) is 0 Å². The van der Waals surface area contributed by atoms with Gasteiger partial charge in [0.25, 0.3) is 0 Å². The van der Waals surface area contributed by atoms with Gasteiger partial charge in [-0.1, -0.05) is 115 Å². The van der Waals surface area contributed by atoms with E-state index in [-0.39, 0.29) is 0 Å². The van der Waals surface area contributed by atoms with Crippen LogP contribution in [0.3, 0.4) is 0 Å². The van der Waals surface area contributed by atoms with E-state index in [0.717, 1.165) is 22.6 Å². The molecule has 0 aliphatic heterocycles. The molecule has 0 nitrogen and oxygen atoms in total. The summed E-state index contributed by atoms with van der Waals surface area (Å²) in [5.41, 5.74) is 11.5. The molecule has 1 unspecified atom stereocenters. The number of allylic oxidation sites excluding steroid dienone is 4. The topological polar surface area (TPSA) is 0 Å². The van der Waals surface area contributed by atoms with E-state index in [1.807, 2.05) is 0 Å². The van der Waals surface area contributed by atoms with Crippen LogP contribution in [0, 0.1) is 0 Å². The van der Waals surface area contributed by atoms with Crippen molar-refractivity contribution in [2.24, 2.45) is 0 Å². The highest BCUT2D eigenvalue weighted by Crippen LogP contribution is 2.50. The Morgan fingerprint density at radius 1 is 0.538 bits per heavy atom. The molecule has 2 aliphatic carbocycles. The molecule has 0 radical (unpaired) electrons. The smallest absolute Gasteiger partial charge is 0.0418 e. The van der Waals surface area contributed by atoms with Crippen molar-refractivity contribution < 1.29 is 0 Å². The fraction of sp³-hybridized carbons (Fsp3) is 0.0526. The summed E-state index contributed by atoms with van der Waals surface area (Å²) in [5, 5.41) is 5.78. The Kier molecular flexibility index (Phi) is 5.11. The van der Waals surface area contributed by atoms with Gasteiger partial charge < -0.3 is 0 Å². The van der Waals surface area contributed by atoms with Gasteiger partial charge in [0.15, 0.2) is 0 Å². The zero-order valence-corrected chi connectivity index (χ0v) is 22.1. The van der Waals surface area contributed by atoms with Crippen molar-refractivity contribution in [1.29, 1.82) is 0 Å². The van der Waals surface area contributed by atoms with E-state index in [2.05, 4.69) is 133 Å². The molecule has 184 valence electrons. The molecule has 1 heteroatoms. The van der Waals surface area contributed by atoms with Gasteiger partial charge in [0.2, 0.25) is 0 Å². The van der Waals surface area contributed by atoms with Gasteiger partial charge in [-0.25, -0.2) is 0 Å². The highest BCUT2D eigenvalue weighted by molar-refractivity contribution is 6.31. The maximum Gasteiger partial charge on any atom is 0.0418 e. The lowest BCUT2D eigenvalue weighted by Crippen LogP contribution is -2.11. The quantitative estimate of drug-likeness (QED) is 0.201. The summed E-state index contributed by atoms with van der Waals surface area (Å²) < 4.78 is 0. The van der Waals surface area contributed by atoms with Gasteiger partial charge in [0.05, 0.1) is 0 Å². The van der Waals surface area contributed by atoms with E-state index in [9.17, 15) is 0 Å². The highest BCUT2D eigenvalue weighted by atomic mass is 35.5. The van der Waals surface area contributed by atoms with Gasteiger partial charge in [0, 0.05) is 10.9 Å². The Labute approximate surface area is 233 Å². The first-order valence-electron chi connectivity index (χ1n) is 13.6. The summed E-state index contributed by atoms with van der Waals surface area (Å²) in [7, 11) is 0. The van der Waals surface area contributed by atoms with Gasteiger partial charge in [-0.3, -0.25) is 0 Å². The van der Waals surface area contributed by atoms with Gasteiger partial charge in [0.1, 0.15) is 0 Å². The third kappa shape index (κ3) is 3.60. The van der Waals surface area contributed by atoms with E-state index in [0.29, 0.717) is 5.92 Å². The normalized spacial score (nSPS) is 15.5. The molecule has 6 aromatic rings. The minimum absolute atomic E-state index is 0.410. The van der Waals surface area contributed by atoms with Crippen molar-refractivity contribution in [2.75, 3.05) is 0 Å². The van der Waals surface area contributed by atoms with Crippen molar-refractivity contribution in [1.82, 2.24) is 0 Å². The average Bonchev–Trinajstić information content (AvgIpc) is 3.00. The van der Waals surface area contributed by atoms with Crippen LogP contribution in [0.25, 0.3) is 60.5 Å². The van der Waals surface area contributed by atoms with Gasteiger partial charge in [-0.05, 0) is 108 Å². The van der Waals surface area contributed by atoms with Crippen LogP contribution in [-0.2, 0) is 0 Å². The van der Waals surface area contributed by atoms with Crippen LogP contribution < -0.4 is 0 Å². The van der Waals surface area contributed by atoms with Gasteiger partial charge in [-0.15, -0.1) is 0 Å². The zero-order valence-electron chi connectivity index (χ0n) is 21.4. The third-order valence-corrected chi connectivity index (χ3v) is 8.64. The van der Waals surface area contributed by atoms with E-state index < -0.39 is 0 Å². The molecular weight excluding hydrogens is 492 g/mol. The number of hydrogen-bond donors (Lipinski definition) is 0. The summed E-state index contributed by atoms with van der Waals surface area (Å²) in [6.07, 6.45) is 7.84. The van der Waals surface area contributed by atoms with Crippen molar-refractivity contribution in [3.63, 3.8) is 0 Å². The lowest BCUT2D eigenvalue weighted by atomic mass is 9.72. The van der Waals surface area contributed by atoms with Crippen molar-refractivity contribution >= 4 is 38.7 Å². The second kappa shape index (κ2) is 8.83. The third-order valence-electron chi connectivity index (χ3n) is 8.43. The number of rotatable bonds is 2. The largest absolute Gasteiger partial charge is 0.0843 e. The Morgan fingerprint density at radius 2 is 1.31 bits per heavy atom. The van der Waals surface area contributed by atoms with E-state index in [1.54, 1.807) is 0 Å². The molecule has 0 saturated carbocycles. The predicted molar refractivity (Wildman–Crippen MR) is 167 cm³/mol. The van der Waals surface area contributed by atoms with Crippen LogP contribution in [0.2, 0.25) is 5.02 Å². The Bertz CT molecular complexity index is 2010. The second-order valence-corrected chi connectivity index (χ2v) is 11.0. The molecule has 0 N–H and O–H groups in total. The molecule has 2 aliphatic rings. The molecule has 8 rings (SSSR count). The lowest BCUT2D eigenvalue weighted by Gasteiger charge is -2.32. The highest BCUT2D eigenvalue weighted by Gasteiger charge is 2.29. The number of hydrogen-bond acceptors (Lipinski definition) is 0. The summed E-state index contributed by atoms with van der Waals surface area (Å²) in [5.74, 6) is 0.410. The maximum atomic E-state index is 6.82. The molecular formula is C38H25Cl. The summed E-state index contributed by atoms with van der Waals surface area (Å²) in [4.78, 5) is 0. The van der Waals surface area contributed by atoms with Crippen molar-refractivity contribution in [3.8, 4) is 33.4 Å².